The second-order valence-electron chi connectivity index (χ2n) is 6.82. The van der Waals surface area contributed by atoms with E-state index in [1.165, 1.54) is 30.2 Å². The van der Waals surface area contributed by atoms with E-state index in [9.17, 15) is 9.59 Å². The number of carbonyl (C=O) groups is 2. The quantitative estimate of drug-likeness (QED) is 0.563. The Morgan fingerprint density at radius 3 is 2.90 bits per heavy atom. The van der Waals surface area contributed by atoms with Gasteiger partial charge in [0.1, 0.15) is 0 Å². The lowest BCUT2D eigenvalue weighted by Gasteiger charge is -2.35. The molecule has 0 radical (unpaired) electrons. The van der Waals surface area contributed by atoms with E-state index in [0.29, 0.717) is 39.8 Å². The molecule has 1 atom stereocenters. The summed E-state index contributed by atoms with van der Waals surface area (Å²) in [5, 5.41) is 11.6. The SMILES string of the molecule is CC(=O)N(C[C@@H]1CN(Cc2ccc(Cl)c(Cl)c2)CCO1)Sc1nc(CC(=O)O)cs1. The topological polar surface area (TPSA) is 83.0 Å². The molecule has 1 amide bonds. The normalized spacial score (nSPS) is 17.1. The van der Waals surface area contributed by atoms with Crippen LogP contribution in [0.4, 0.5) is 0 Å². The molecule has 1 aromatic carbocycles. The van der Waals surface area contributed by atoms with Gasteiger partial charge in [-0.2, -0.15) is 0 Å². The van der Waals surface area contributed by atoms with Gasteiger partial charge in [0.2, 0.25) is 5.91 Å². The summed E-state index contributed by atoms with van der Waals surface area (Å²) in [4.78, 5) is 29.5. The van der Waals surface area contributed by atoms with Crippen LogP contribution in [0.25, 0.3) is 0 Å². The molecule has 1 aliphatic rings. The lowest BCUT2D eigenvalue weighted by atomic mass is 10.2. The summed E-state index contributed by atoms with van der Waals surface area (Å²) in [6, 6.07) is 5.61. The lowest BCUT2D eigenvalue weighted by molar-refractivity contribution is -0.136. The molecule has 1 fully saturated rings. The van der Waals surface area contributed by atoms with Crippen molar-refractivity contribution >= 4 is 58.4 Å². The largest absolute Gasteiger partial charge is 0.481 e. The Morgan fingerprint density at radius 1 is 1.40 bits per heavy atom. The first-order valence-corrected chi connectivity index (χ1v) is 11.6. The van der Waals surface area contributed by atoms with Crippen LogP contribution in [-0.2, 0) is 27.3 Å². The Hall–Kier alpha value is -1.36. The van der Waals surface area contributed by atoms with Crippen molar-refractivity contribution in [2.75, 3.05) is 26.2 Å². The molecule has 0 aliphatic carbocycles. The smallest absolute Gasteiger partial charge is 0.309 e. The van der Waals surface area contributed by atoms with Crippen molar-refractivity contribution in [3.63, 3.8) is 0 Å². The molecule has 2 aromatic rings. The number of nitrogens with zero attached hydrogens (tertiary/aromatic N) is 3. The van der Waals surface area contributed by atoms with Gasteiger partial charge in [0.05, 0.1) is 41.4 Å². The molecule has 0 saturated carbocycles. The van der Waals surface area contributed by atoms with Crippen LogP contribution in [0.1, 0.15) is 18.2 Å². The Kier molecular flexibility index (Phi) is 8.38. The molecule has 7 nitrogen and oxygen atoms in total. The van der Waals surface area contributed by atoms with Crippen molar-refractivity contribution in [3.8, 4) is 0 Å². The number of benzene rings is 1. The van der Waals surface area contributed by atoms with Crippen LogP contribution in [0.2, 0.25) is 10.0 Å². The zero-order chi connectivity index (χ0) is 21.7. The number of rotatable bonds is 8. The van der Waals surface area contributed by atoms with E-state index in [1.54, 1.807) is 15.8 Å². The molecule has 0 bridgehead atoms. The van der Waals surface area contributed by atoms with Gasteiger partial charge in [0, 0.05) is 43.9 Å². The standard InChI is InChI=1S/C19H21Cl2N3O4S2/c1-12(25)24(30-19-22-14(11-29-19)7-18(26)27)10-15-9-23(4-5-28-15)8-13-2-3-16(20)17(21)6-13/h2-3,6,11,15H,4-5,7-10H2,1H3,(H,26,27)/t15-/m0/s1. The monoisotopic (exact) mass is 489 g/mol. The van der Waals surface area contributed by atoms with Crippen molar-refractivity contribution < 1.29 is 19.4 Å². The third-order valence-corrected chi connectivity index (χ3v) is 7.19. The summed E-state index contributed by atoms with van der Waals surface area (Å²) >= 11 is 14.6. The number of morpholine rings is 1. The van der Waals surface area contributed by atoms with Crippen LogP contribution in [-0.4, -0.2) is 63.5 Å². The number of halogens is 2. The fourth-order valence-electron chi connectivity index (χ4n) is 3.01. The maximum absolute atomic E-state index is 12.1. The van der Waals surface area contributed by atoms with Gasteiger partial charge in [-0.1, -0.05) is 29.3 Å². The van der Waals surface area contributed by atoms with Crippen molar-refractivity contribution in [2.24, 2.45) is 0 Å². The molecule has 1 aromatic heterocycles. The lowest BCUT2D eigenvalue weighted by Crippen LogP contribution is -2.46. The first kappa shape index (κ1) is 23.3. The maximum Gasteiger partial charge on any atom is 0.309 e. The van der Waals surface area contributed by atoms with E-state index in [1.807, 2.05) is 12.1 Å². The third kappa shape index (κ3) is 6.83. The third-order valence-electron chi connectivity index (χ3n) is 4.39. The summed E-state index contributed by atoms with van der Waals surface area (Å²) < 4.78 is 8.11. The molecular formula is C19H21Cl2N3O4S2. The van der Waals surface area contributed by atoms with Crippen molar-refractivity contribution in [2.45, 2.75) is 30.3 Å². The number of hydrogen-bond donors (Lipinski definition) is 1. The Labute approximate surface area is 193 Å². The van der Waals surface area contributed by atoms with Crippen molar-refractivity contribution in [1.29, 1.82) is 0 Å². The average molecular weight is 490 g/mol. The fraction of sp³-hybridized carbons (Fsp3) is 0.421. The van der Waals surface area contributed by atoms with Gasteiger partial charge in [0.15, 0.2) is 4.34 Å². The summed E-state index contributed by atoms with van der Waals surface area (Å²) in [5.74, 6) is -1.04. The minimum atomic E-state index is -0.932. The molecule has 2 heterocycles. The van der Waals surface area contributed by atoms with Gasteiger partial charge in [-0.05, 0) is 17.7 Å². The second kappa shape index (κ2) is 10.8. The summed E-state index contributed by atoms with van der Waals surface area (Å²) in [5.41, 5.74) is 1.55. The fourth-order valence-corrected chi connectivity index (χ4v) is 5.17. The highest BCUT2D eigenvalue weighted by Crippen LogP contribution is 2.28. The van der Waals surface area contributed by atoms with E-state index in [-0.39, 0.29) is 18.4 Å². The Morgan fingerprint density at radius 2 is 2.20 bits per heavy atom. The number of thiazole rings is 1. The number of carboxylic acids is 1. The van der Waals surface area contributed by atoms with E-state index < -0.39 is 5.97 Å². The van der Waals surface area contributed by atoms with Crippen LogP contribution in [0.5, 0.6) is 0 Å². The van der Waals surface area contributed by atoms with Crippen LogP contribution < -0.4 is 0 Å². The summed E-state index contributed by atoms with van der Waals surface area (Å²) in [6.45, 7) is 4.65. The van der Waals surface area contributed by atoms with Crippen molar-refractivity contribution in [1.82, 2.24) is 14.2 Å². The van der Waals surface area contributed by atoms with Gasteiger partial charge in [-0.3, -0.25) is 18.8 Å². The number of ether oxygens (including phenoxy) is 1. The van der Waals surface area contributed by atoms with Gasteiger partial charge < -0.3 is 9.84 Å². The Bertz CT molecular complexity index is 912. The molecular weight excluding hydrogens is 469 g/mol. The minimum Gasteiger partial charge on any atom is -0.481 e. The van der Waals surface area contributed by atoms with Gasteiger partial charge in [-0.15, -0.1) is 11.3 Å². The van der Waals surface area contributed by atoms with E-state index in [4.69, 9.17) is 33.0 Å². The molecule has 1 aliphatic heterocycles. The number of carbonyl (C=O) groups excluding carboxylic acids is 1. The molecule has 1 saturated heterocycles. The molecule has 0 unspecified atom stereocenters. The Balaban J connectivity index is 1.58. The first-order valence-electron chi connectivity index (χ1n) is 9.20. The average Bonchev–Trinajstić information content (AvgIpc) is 3.10. The van der Waals surface area contributed by atoms with Crippen molar-refractivity contribution in [3.05, 3.63) is 44.9 Å². The molecule has 3 rings (SSSR count). The van der Waals surface area contributed by atoms with Crippen LogP contribution >= 0.6 is 46.5 Å². The summed E-state index contributed by atoms with van der Waals surface area (Å²) in [6.07, 6.45) is -0.275. The van der Waals surface area contributed by atoms with Gasteiger partial charge in [0.25, 0.3) is 0 Å². The summed E-state index contributed by atoms with van der Waals surface area (Å²) in [7, 11) is 0. The highest BCUT2D eigenvalue weighted by molar-refractivity contribution is 7.99. The molecule has 11 heteroatoms. The van der Waals surface area contributed by atoms with Crippen LogP contribution in [0.3, 0.4) is 0 Å². The number of carboxylic acid groups (broad SMARTS) is 1. The zero-order valence-electron chi connectivity index (χ0n) is 16.2. The van der Waals surface area contributed by atoms with Gasteiger partial charge >= 0.3 is 5.97 Å². The predicted octanol–water partition coefficient (Wildman–Crippen LogP) is 3.83. The number of aromatic nitrogens is 1. The number of amides is 1. The van der Waals surface area contributed by atoms with Crippen LogP contribution in [0, 0.1) is 0 Å². The highest BCUT2D eigenvalue weighted by Gasteiger charge is 2.25. The molecule has 1 N–H and O–H groups in total. The predicted molar refractivity (Wildman–Crippen MR) is 118 cm³/mol. The van der Waals surface area contributed by atoms with E-state index in [2.05, 4.69) is 9.88 Å². The number of hydrogen-bond acceptors (Lipinski definition) is 7. The van der Waals surface area contributed by atoms with E-state index in [0.717, 1.165) is 18.7 Å². The van der Waals surface area contributed by atoms with E-state index >= 15 is 0 Å². The highest BCUT2D eigenvalue weighted by atomic mass is 35.5. The second-order valence-corrected chi connectivity index (χ2v) is 9.76. The van der Waals surface area contributed by atoms with Gasteiger partial charge in [-0.25, -0.2) is 4.98 Å². The van der Waals surface area contributed by atoms with Crippen LogP contribution in [0.15, 0.2) is 27.9 Å². The zero-order valence-corrected chi connectivity index (χ0v) is 19.4. The molecule has 162 valence electrons. The minimum absolute atomic E-state index is 0.111. The first-order chi connectivity index (χ1) is 14.3. The molecule has 30 heavy (non-hydrogen) atoms. The molecule has 0 spiro atoms. The number of aliphatic carboxylic acids is 1. The maximum atomic E-state index is 12.1.